The highest BCUT2D eigenvalue weighted by Crippen LogP contribution is 2.40. The lowest BCUT2D eigenvalue weighted by molar-refractivity contribution is -0.644. The van der Waals surface area contributed by atoms with E-state index >= 15 is 0 Å². The van der Waals surface area contributed by atoms with E-state index < -0.39 is 8.07 Å². The zero-order valence-electron chi connectivity index (χ0n) is 19.8. The first-order valence-electron chi connectivity index (χ1n) is 12.0. The molecule has 0 amide bonds. The van der Waals surface area contributed by atoms with Gasteiger partial charge in [-0.15, -0.1) is 0 Å². The number of pyridine rings is 2. The Kier molecular flexibility index (Phi) is 4.19. The van der Waals surface area contributed by atoms with E-state index in [4.69, 9.17) is 0 Å². The van der Waals surface area contributed by atoms with Crippen LogP contribution in [0.25, 0.3) is 49.0 Å². The van der Waals surface area contributed by atoms with Crippen LogP contribution < -0.4 is 9.75 Å². The molecule has 0 aliphatic heterocycles. The van der Waals surface area contributed by atoms with Gasteiger partial charge in [0.2, 0.25) is 5.52 Å². The molecule has 0 saturated heterocycles. The maximum absolute atomic E-state index is 2.57. The normalized spacial score (nSPS) is 12.9. The van der Waals surface area contributed by atoms with Crippen molar-refractivity contribution in [1.29, 1.82) is 0 Å². The number of rotatable bonds is 4. The van der Waals surface area contributed by atoms with Crippen molar-refractivity contribution < 1.29 is 4.57 Å². The maximum Gasteiger partial charge on any atom is 0.238 e. The number of aryl methyl sites for hydroxylation is 2. The minimum absolute atomic E-state index is 1.31. The van der Waals surface area contributed by atoms with Crippen LogP contribution in [0.15, 0.2) is 60.8 Å². The Morgan fingerprint density at radius 1 is 0.812 bits per heavy atom. The fourth-order valence-corrected chi connectivity index (χ4v) is 9.94. The highest BCUT2D eigenvalue weighted by atomic mass is 28.3. The summed E-state index contributed by atoms with van der Waals surface area (Å²) in [5.41, 5.74) is 6.74. The van der Waals surface area contributed by atoms with Crippen LogP contribution >= 0.6 is 0 Å². The van der Waals surface area contributed by atoms with E-state index in [0.29, 0.717) is 0 Å². The quantitative estimate of drug-likeness (QED) is 0.124. The van der Waals surface area contributed by atoms with Gasteiger partial charge >= 0.3 is 0 Å². The molecule has 0 atom stereocenters. The van der Waals surface area contributed by atoms with Crippen LogP contribution in [0.4, 0.5) is 0 Å². The third kappa shape index (κ3) is 2.32. The molecular weight excluding hydrogens is 404 g/mol. The van der Waals surface area contributed by atoms with E-state index in [1.165, 1.54) is 72.7 Å². The lowest BCUT2D eigenvalue weighted by Crippen LogP contribution is -2.45. The number of hydrogen-bond acceptors (Lipinski definition) is 0. The smallest absolute Gasteiger partial charge is 0.238 e. The zero-order valence-corrected chi connectivity index (χ0v) is 20.8. The van der Waals surface area contributed by atoms with Gasteiger partial charge in [0.25, 0.3) is 0 Å². The molecule has 32 heavy (non-hydrogen) atoms. The average molecular weight is 436 g/mol. The van der Waals surface area contributed by atoms with Gasteiger partial charge in [-0.3, -0.25) is 0 Å². The summed E-state index contributed by atoms with van der Waals surface area (Å²) in [7, 11) is 0.728. The first-order valence-corrected chi connectivity index (χ1v) is 14.7. The van der Waals surface area contributed by atoms with Crippen molar-refractivity contribution in [2.45, 2.75) is 45.8 Å². The van der Waals surface area contributed by atoms with Crippen LogP contribution in [0.3, 0.4) is 0 Å². The van der Waals surface area contributed by atoms with E-state index in [1.54, 1.807) is 5.19 Å². The molecule has 0 bridgehead atoms. The molecule has 6 rings (SSSR count). The SMILES string of the molecule is CC[Si](CC)(CC)c1ccc2c3cc[n+](C)c4c5c(C)ccc6cccc(c65)n(c2c1)c34. The van der Waals surface area contributed by atoms with E-state index in [0.717, 1.165) is 0 Å². The molecule has 6 aromatic rings. The molecular formula is C29H31N2Si+. The summed E-state index contributed by atoms with van der Waals surface area (Å²) in [6.07, 6.45) is 2.24. The van der Waals surface area contributed by atoms with Gasteiger partial charge in [-0.2, -0.15) is 4.57 Å². The van der Waals surface area contributed by atoms with Crippen molar-refractivity contribution in [3.8, 4) is 0 Å². The van der Waals surface area contributed by atoms with Gasteiger partial charge in [-0.05, 0) is 30.0 Å². The average Bonchev–Trinajstić information content (AvgIpc) is 3.15. The summed E-state index contributed by atoms with van der Waals surface area (Å²) in [5.74, 6) is 0. The molecule has 0 spiro atoms. The van der Waals surface area contributed by atoms with E-state index in [9.17, 15) is 0 Å². The summed E-state index contributed by atoms with van der Waals surface area (Å²) in [5, 5.41) is 8.45. The second kappa shape index (κ2) is 6.79. The Bertz CT molecular complexity index is 1640. The predicted molar refractivity (Wildman–Crippen MR) is 141 cm³/mol. The molecule has 2 nitrogen and oxygen atoms in total. The molecule has 0 saturated carbocycles. The molecule has 3 aromatic carbocycles. The van der Waals surface area contributed by atoms with Gasteiger partial charge in [-0.25, -0.2) is 0 Å². The summed E-state index contributed by atoms with van der Waals surface area (Å²) in [6, 6.07) is 25.0. The van der Waals surface area contributed by atoms with Gasteiger partial charge in [-0.1, -0.05) is 80.5 Å². The summed E-state index contributed by atoms with van der Waals surface area (Å²) >= 11 is 0. The largest absolute Gasteiger partial charge is 0.303 e. The van der Waals surface area contributed by atoms with Crippen molar-refractivity contribution in [3.05, 3.63) is 66.4 Å². The van der Waals surface area contributed by atoms with Crippen LogP contribution in [-0.2, 0) is 7.05 Å². The molecule has 3 aromatic heterocycles. The van der Waals surface area contributed by atoms with Crippen molar-refractivity contribution in [2.75, 3.05) is 0 Å². The van der Waals surface area contributed by atoms with Gasteiger partial charge in [0, 0.05) is 22.2 Å². The third-order valence-electron chi connectivity index (χ3n) is 8.40. The van der Waals surface area contributed by atoms with Gasteiger partial charge in [0.05, 0.1) is 24.5 Å². The van der Waals surface area contributed by atoms with Crippen molar-refractivity contribution in [3.63, 3.8) is 0 Å². The lowest BCUT2D eigenvalue weighted by atomic mass is 9.98. The summed E-state index contributed by atoms with van der Waals surface area (Å²) in [6.45, 7) is 9.46. The van der Waals surface area contributed by atoms with Crippen molar-refractivity contribution in [1.82, 2.24) is 4.40 Å². The van der Waals surface area contributed by atoms with Gasteiger partial charge in [0.15, 0.2) is 6.20 Å². The van der Waals surface area contributed by atoms with Crippen LogP contribution in [0.5, 0.6) is 0 Å². The second-order valence-electron chi connectivity index (χ2n) is 9.58. The van der Waals surface area contributed by atoms with Crippen LogP contribution in [-0.4, -0.2) is 12.5 Å². The Morgan fingerprint density at radius 3 is 2.34 bits per heavy atom. The molecule has 0 unspecified atom stereocenters. The molecule has 3 heterocycles. The fraction of sp³-hybridized carbons (Fsp3) is 0.276. The highest BCUT2D eigenvalue weighted by Gasteiger charge is 2.30. The monoisotopic (exact) mass is 435 g/mol. The number of aromatic nitrogens is 2. The molecule has 0 fully saturated rings. The third-order valence-corrected chi connectivity index (χ3v) is 14.0. The summed E-state index contributed by atoms with van der Waals surface area (Å²) < 4.78 is 4.89. The standard InChI is InChI=1S/C29H31N2Si/c1-6-32(7-2,8-3)21-14-15-22-23-16-17-30(5)29-26-19(4)12-13-20-10-9-11-24(27(20)26)31(28(23)29)25(22)18-21/h9-18H,6-8H2,1-5H3/q+1. The van der Waals surface area contributed by atoms with E-state index in [2.05, 4.69) is 105 Å². The molecule has 0 aliphatic rings. The Morgan fingerprint density at radius 2 is 1.59 bits per heavy atom. The minimum Gasteiger partial charge on any atom is -0.303 e. The second-order valence-corrected chi connectivity index (χ2v) is 14.8. The number of fused-ring (bicyclic) bond motifs is 5. The molecule has 0 aliphatic carbocycles. The van der Waals surface area contributed by atoms with Crippen LogP contribution in [0, 0.1) is 6.92 Å². The fourth-order valence-electron chi connectivity index (χ4n) is 6.34. The number of nitrogens with zero attached hydrogens (tertiary/aromatic N) is 2. The molecule has 0 N–H and O–H groups in total. The minimum atomic E-state index is -1.46. The first-order chi connectivity index (χ1) is 15.5. The number of hydrogen-bond donors (Lipinski definition) is 0. The van der Waals surface area contributed by atoms with Crippen molar-refractivity contribution in [2.24, 2.45) is 7.05 Å². The number of benzene rings is 3. The van der Waals surface area contributed by atoms with E-state index in [1.807, 2.05) is 0 Å². The molecule has 0 radical (unpaired) electrons. The lowest BCUT2D eigenvalue weighted by Gasteiger charge is -2.28. The van der Waals surface area contributed by atoms with Crippen LogP contribution in [0.2, 0.25) is 18.1 Å². The first kappa shape index (κ1) is 19.7. The van der Waals surface area contributed by atoms with Crippen LogP contribution in [0.1, 0.15) is 26.3 Å². The van der Waals surface area contributed by atoms with Gasteiger partial charge in [0.1, 0.15) is 12.6 Å². The highest BCUT2D eigenvalue weighted by molar-refractivity contribution is 6.91. The summed E-state index contributed by atoms with van der Waals surface area (Å²) in [4.78, 5) is 0. The Hall–Kier alpha value is -2.91. The molecule has 160 valence electrons. The predicted octanol–water partition coefficient (Wildman–Crippen LogP) is 6.84. The zero-order chi connectivity index (χ0) is 22.2. The maximum atomic E-state index is 2.57. The Balaban J connectivity index is 1.93. The topological polar surface area (TPSA) is 8.29 Å². The van der Waals surface area contributed by atoms with Gasteiger partial charge < -0.3 is 4.40 Å². The Labute approximate surface area is 190 Å². The van der Waals surface area contributed by atoms with E-state index in [-0.39, 0.29) is 0 Å². The molecule has 3 heteroatoms. The van der Waals surface area contributed by atoms with Crippen molar-refractivity contribution >= 4 is 62.3 Å².